The molecule has 0 aromatic heterocycles. The number of carbonyl (C=O) groups is 5. The Labute approximate surface area is 286 Å². The summed E-state index contributed by atoms with van der Waals surface area (Å²) in [6.07, 6.45) is 7.60. The molecule has 276 valence electrons. The number of carbonyl (C=O) groups excluding carboxylic acids is 6. The van der Waals surface area contributed by atoms with E-state index in [1.54, 1.807) is 27.8 Å². The molecule has 3 amide bonds. The average Bonchev–Trinajstić information content (AvgIpc) is 3.04. The van der Waals surface area contributed by atoms with Gasteiger partial charge in [-0.3, -0.25) is 29.0 Å². The maximum Gasteiger partial charge on any atom is 0.408 e. The number of hydrogen-bond donors (Lipinski definition) is 2. The highest BCUT2D eigenvalue weighted by molar-refractivity contribution is 5.83. The molecule has 0 saturated heterocycles. The molecule has 0 heterocycles. The molecule has 15 nitrogen and oxygen atoms in total. The van der Waals surface area contributed by atoms with E-state index in [0.717, 1.165) is 51.4 Å². The van der Waals surface area contributed by atoms with E-state index in [1.165, 1.54) is 11.1 Å². The van der Waals surface area contributed by atoms with Crippen LogP contribution < -0.4 is 10.6 Å². The van der Waals surface area contributed by atoms with Crippen LogP contribution >= 0.6 is 0 Å². The lowest BCUT2D eigenvalue weighted by atomic mass is 10.1. The van der Waals surface area contributed by atoms with Crippen LogP contribution in [0.2, 0.25) is 0 Å². The number of isocyanates is 1. The van der Waals surface area contributed by atoms with E-state index in [4.69, 9.17) is 14.3 Å². The molecule has 48 heavy (non-hydrogen) atoms. The standard InChI is InChI=1S/C33H60N6O9/c1-7-10-16-29(41)18-14-12-13-15-19-39(31(43)9-3)46-26-37(6)25-38(22-28(5)48-33(45)36-23-34-24-40)21-27(4)47-32(44)35-20-30(42)17-11-8-2/h27-28H,7-23,25-26H2,1-6H3,(H,35,44)(H,36,45). The van der Waals surface area contributed by atoms with E-state index in [0.29, 0.717) is 38.3 Å². The quantitative estimate of drug-likeness (QED) is 0.0378. The molecule has 0 aliphatic carbocycles. The molecular formula is C33H60N6O9. The van der Waals surface area contributed by atoms with Gasteiger partial charge in [-0.15, -0.1) is 0 Å². The van der Waals surface area contributed by atoms with Gasteiger partial charge in [0.2, 0.25) is 12.0 Å². The molecule has 2 N–H and O–H groups in total. The van der Waals surface area contributed by atoms with Gasteiger partial charge in [-0.1, -0.05) is 46.5 Å². The molecule has 0 bridgehead atoms. The van der Waals surface area contributed by atoms with Crippen molar-refractivity contribution in [1.82, 2.24) is 25.5 Å². The van der Waals surface area contributed by atoms with Gasteiger partial charge < -0.3 is 20.1 Å². The highest BCUT2D eigenvalue weighted by Gasteiger charge is 2.21. The van der Waals surface area contributed by atoms with E-state index >= 15 is 0 Å². The summed E-state index contributed by atoms with van der Waals surface area (Å²) in [6, 6.07) is 0. The summed E-state index contributed by atoms with van der Waals surface area (Å²) in [7, 11) is 1.80. The molecule has 0 saturated carbocycles. The van der Waals surface area contributed by atoms with Gasteiger partial charge in [0, 0.05) is 45.3 Å². The number of aliphatic imine (C=N–C) groups is 1. The fourth-order valence-electron chi connectivity index (χ4n) is 4.63. The Morgan fingerprint density at radius 3 is 1.92 bits per heavy atom. The summed E-state index contributed by atoms with van der Waals surface area (Å²) in [5.74, 6) is 0.105. The molecule has 0 fully saturated rings. The van der Waals surface area contributed by atoms with Crippen molar-refractivity contribution in [2.75, 3.05) is 53.3 Å². The molecule has 0 aromatic carbocycles. The topological polar surface area (TPSA) is 176 Å². The van der Waals surface area contributed by atoms with Crippen LogP contribution in [0.4, 0.5) is 9.59 Å². The number of Topliss-reactive ketones (excluding diaryl/α,β-unsaturated/α-hetero) is 2. The van der Waals surface area contributed by atoms with Crippen molar-refractivity contribution in [3.05, 3.63) is 0 Å². The maximum atomic E-state index is 12.6. The van der Waals surface area contributed by atoms with Crippen LogP contribution in [0.1, 0.15) is 112 Å². The third-order valence-electron chi connectivity index (χ3n) is 7.09. The van der Waals surface area contributed by atoms with Crippen molar-refractivity contribution in [1.29, 1.82) is 0 Å². The van der Waals surface area contributed by atoms with Crippen LogP contribution in [0.5, 0.6) is 0 Å². The Balaban J connectivity index is 5.10. The van der Waals surface area contributed by atoms with E-state index in [-0.39, 0.29) is 51.1 Å². The van der Waals surface area contributed by atoms with Gasteiger partial charge in [0.05, 0.1) is 13.2 Å². The van der Waals surface area contributed by atoms with Crippen molar-refractivity contribution >= 4 is 35.7 Å². The minimum Gasteiger partial charge on any atom is -0.445 e. The predicted molar refractivity (Wildman–Crippen MR) is 180 cm³/mol. The monoisotopic (exact) mass is 684 g/mol. The summed E-state index contributed by atoms with van der Waals surface area (Å²) in [5.41, 5.74) is 0. The third kappa shape index (κ3) is 24.7. The lowest BCUT2D eigenvalue weighted by Gasteiger charge is -2.32. The molecule has 0 aliphatic heterocycles. The van der Waals surface area contributed by atoms with Crippen LogP contribution in [0.25, 0.3) is 0 Å². The number of ketones is 2. The van der Waals surface area contributed by atoms with Crippen LogP contribution in [-0.2, 0) is 33.5 Å². The Kier molecular flexibility index (Phi) is 26.6. The number of hydrogen-bond acceptors (Lipinski definition) is 12. The van der Waals surface area contributed by atoms with Crippen molar-refractivity contribution < 1.29 is 43.1 Å². The zero-order chi connectivity index (χ0) is 36.2. The Bertz CT molecular complexity index is 993. The summed E-state index contributed by atoms with van der Waals surface area (Å²) >= 11 is 0. The van der Waals surface area contributed by atoms with E-state index in [1.807, 2.05) is 16.7 Å². The van der Waals surface area contributed by atoms with Gasteiger partial charge in [0.1, 0.15) is 31.4 Å². The first-order valence-corrected chi connectivity index (χ1v) is 17.3. The minimum atomic E-state index is -0.758. The predicted octanol–water partition coefficient (Wildman–Crippen LogP) is 4.30. The van der Waals surface area contributed by atoms with Crippen molar-refractivity contribution in [3.8, 4) is 0 Å². The van der Waals surface area contributed by atoms with Gasteiger partial charge in [-0.05, 0) is 46.6 Å². The molecule has 15 heteroatoms. The highest BCUT2D eigenvalue weighted by atomic mass is 16.7. The number of nitrogens with one attached hydrogen (secondary N) is 2. The van der Waals surface area contributed by atoms with Gasteiger partial charge in [-0.2, -0.15) is 4.99 Å². The Morgan fingerprint density at radius 2 is 1.33 bits per heavy atom. The molecule has 0 aromatic rings. The van der Waals surface area contributed by atoms with Crippen molar-refractivity contribution in [3.63, 3.8) is 0 Å². The van der Waals surface area contributed by atoms with Crippen LogP contribution in [0.3, 0.4) is 0 Å². The van der Waals surface area contributed by atoms with Gasteiger partial charge >= 0.3 is 12.2 Å². The van der Waals surface area contributed by atoms with Crippen LogP contribution in [0, 0.1) is 0 Å². The molecule has 0 radical (unpaired) electrons. The normalized spacial score (nSPS) is 12.2. The average molecular weight is 685 g/mol. The molecule has 0 spiro atoms. The first kappa shape index (κ1) is 44.6. The second-order valence-electron chi connectivity index (χ2n) is 12.0. The number of rotatable bonds is 29. The number of alkyl carbamates (subject to hydrolysis) is 2. The SMILES string of the molecule is CCCCC(=O)CCCCCCN(OCN(C)CN(CC(C)OC(=O)NCN=C=O)CC(C)OC(=O)NCC(=O)CCCC)C(=O)CC. The van der Waals surface area contributed by atoms with Gasteiger partial charge in [0.25, 0.3) is 0 Å². The number of hydroxylamine groups is 2. The number of amides is 3. The van der Waals surface area contributed by atoms with E-state index < -0.39 is 24.4 Å². The first-order valence-electron chi connectivity index (χ1n) is 17.3. The minimum absolute atomic E-state index is 0.0716. The second-order valence-corrected chi connectivity index (χ2v) is 12.0. The summed E-state index contributed by atoms with van der Waals surface area (Å²) in [5, 5.41) is 6.19. The van der Waals surface area contributed by atoms with Crippen LogP contribution in [-0.4, -0.2) is 116 Å². The fraction of sp³-hybridized carbons (Fsp3) is 0.818. The maximum absolute atomic E-state index is 12.6. The summed E-state index contributed by atoms with van der Waals surface area (Å²) in [6.45, 7) is 10.2. The van der Waals surface area contributed by atoms with E-state index in [2.05, 4.69) is 22.5 Å². The van der Waals surface area contributed by atoms with Crippen molar-refractivity contribution in [2.24, 2.45) is 4.99 Å². The van der Waals surface area contributed by atoms with Crippen LogP contribution in [0.15, 0.2) is 4.99 Å². The van der Waals surface area contributed by atoms with Gasteiger partial charge in [0.15, 0.2) is 5.78 Å². The second kappa shape index (κ2) is 28.6. The lowest BCUT2D eigenvalue weighted by Crippen LogP contribution is -2.46. The van der Waals surface area contributed by atoms with Gasteiger partial charge in [-0.25, -0.2) is 19.4 Å². The molecule has 2 unspecified atom stereocenters. The molecule has 2 atom stereocenters. The van der Waals surface area contributed by atoms with E-state index in [9.17, 15) is 28.8 Å². The zero-order valence-corrected chi connectivity index (χ0v) is 30.1. The largest absolute Gasteiger partial charge is 0.445 e. The Morgan fingerprint density at radius 1 is 0.771 bits per heavy atom. The fourth-order valence-corrected chi connectivity index (χ4v) is 4.63. The number of ether oxygens (including phenoxy) is 2. The zero-order valence-electron chi connectivity index (χ0n) is 30.1. The summed E-state index contributed by atoms with van der Waals surface area (Å²) < 4.78 is 10.8. The third-order valence-corrected chi connectivity index (χ3v) is 7.09. The summed E-state index contributed by atoms with van der Waals surface area (Å²) in [4.78, 5) is 83.8. The molecular weight excluding hydrogens is 624 g/mol. The number of unbranched alkanes of at least 4 members (excludes halogenated alkanes) is 5. The lowest BCUT2D eigenvalue weighted by molar-refractivity contribution is -0.203. The Hall–Kier alpha value is -3.39. The number of nitrogens with zero attached hydrogens (tertiary/aromatic N) is 4. The first-order chi connectivity index (χ1) is 22.9. The highest BCUT2D eigenvalue weighted by Crippen LogP contribution is 2.10. The molecule has 0 rings (SSSR count). The van der Waals surface area contributed by atoms with Crippen molar-refractivity contribution in [2.45, 2.75) is 124 Å². The smallest absolute Gasteiger partial charge is 0.408 e. The molecule has 0 aliphatic rings.